The number of carboxylic acids is 1. The number of pyridine rings is 1. The van der Waals surface area contributed by atoms with Crippen molar-refractivity contribution in [1.82, 2.24) is 10.3 Å². The number of rotatable bonds is 11. The number of carbonyl (C=O) groups excluding carboxylic acids is 2. The molecule has 0 saturated carbocycles. The Balaban J connectivity index is 0.000000804. The second-order valence-electron chi connectivity index (χ2n) is 10.1. The number of carboxylic acid groups (broad SMARTS) is 1. The molecule has 4 aromatic rings. The lowest BCUT2D eigenvalue weighted by Gasteiger charge is -2.22. The zero-order chi connectivity index (χ0) is 35.6. The molecule has 256 valence electrons. The minimum absolute atomic E-state index is 0.0793. The van der Waals surface area contributed by atoms with E-state index in [0.717, 1.165) is 10.8 Å². The molecule has 0 aliphatic rings. The Morgan fingerprint density at radius 1 is 1.00 bits per heavy atom. The van der Waals surface area contributed by atoms with Crippen LogP contribution in [0.1, 0.15) is 37.9 Å². The van der Waals surface area contributed by atoms with Gasteiger partial charge >= 0.3 is 12.1 Å². The molecule has 1 unspecified atom stereocenters. The van der Waals surface area contributed by atoms with E-state index in [4.69, 9.17) is 20.4 Å². The molecular weight excluding hydrogens is 655 g/mol. The summed E-state index contributed by atoms with van der Waals surface area (Å²) in [5.41, 5.74) is 8.12. The predicted molar refractivity (Wildman–Crippen MR) is 174 cm³/mol. The number of alkyl halides is 3. The number of fused-ring (bicyclic) bond motifs is 1. The summed E-state index contributed by atoms with van der Waals surface area (Å²) in [6, 6.07) is 18.3. The van der Waals surface area contributed by atoms with Crippen LogP contribution in [0.2, 0.25) is 0 Å². The average Bonchev–Trinajstić information content (AvgIpc) is 3.02. The third-order valence-electron chi connectivity index (χ3n) is 6.66. The Bertz CT molecular complexity index is 1900. The molecule has 0 aliphatic carbocycles. The van der Waals surface area contributed by atoms with E-state index in [-0.39, 0.29) is 23.1 Å². The summed E-state index contributed by atoms with van der Waals surface area (Å²) in [6.07, 6.45) is -3.46. The van der Waals surface area contributed by atoms with Gasteiger partial charge in [-0.1, -0.05) is 19.1 Å². The van der Waals surface area contributed by atoms with Crippen molar-refractivity contribution < 1.29 is 45.8 Å². The Morgan fingerprint density at radius 2 is 1.69 bits per heavy atom. The third-order valence-corrected chi connectivity index (χ3v) is 8.49. The van der Waals surface area contributed by atoms with E-state index in [9.17, 15) is 31.2 Å². The van der Waals surface area contributed by atoms with Crippen molar-refractivity contribution >= 4 is 55.6 Å². The highest BCUT2D eigenvalue weighted by molar-refractivity contribution is 7.91. The number of hydrogen-bond acceptors (Lipinski definition) is 9. The van der Waals surface area contributed by atoms with Crippen molar-refractivity contribution in [1.29, 1.82) is 0 Å². The van der Waals surface area contributed by atoms with Gasteiger partial charge in [0, 0.05) is 36.4 Å². The largest absolute Gasteiger partial charge is 0.494 e. The summed E-state index contributed by atoms with van der Waals surface area (Å²) in [5, 5.41) is 17.6. The maximum Gasteiger partial charge on any atom is 0.490 e. The molecule has 16 heteroatoms. The summed E-state index contributed by atoms with van der Waals surface area (Å²) in [7, 11) is -3.59. The number of halogens is 3. The molecule has 0 radical (unpaired) electrons. The molecule has 3 aromatic carbocycles. The van der Waals surface area contributed by atoms with Crippen LogP contribution >= 0.6 is 0 Å². The Labute approximate surface area is 274 Å². The molecule has 0 fully saturated rings. The molecule has 0 bridgehead atoms. The maximum absolute atomic E-state index is 13.7. The number of nitrogens with two attached hydrogens (primary N) is 1. The first-order chi connectivity index (χ1) is 22.5. The molecule has 0 saturated heterocycles. The molecule has 2 amide bonds. The lowest BCUT2D eigenvalue weighted by Crippen LogP contribution is -2.33. The van der Waals surface area contributed by atoms with Gasteiger partial charge in [-0.2, -0.15) is 13.2 Å². The zero-order valence-electron chi connectivity index (χ0n) is 26.1. The number of aromatic nitrogens is 1. The number of nitrogen functional groups attached to an aromatic ring is 1. The Kier molecular flexibility index (Phi) is 12.3. The van der Waals surface area contributed by atoms with Gasteiger partial charge in [-0.25, -0.2) is 18.2 Å². The van der Waals surface area contributed by atoms with E-state index in [2.05, 4.69) is 20.9 Å². The summed E-state index contributed by atoms with van der Waals surface area (Å²) >= 11 is 0. The van der Waals surface area contributed by atoms with Crippen LogP contribution in [0.5, 0.6) is 5.75 Å². The topological polar surface area (TPSA) is 190 Å². The van der Waals surface area contributed by atoms with Gasteiger partial charge in [0.2, 0.25) is 11.8 Å². The zero-order valence-corrected chi connectivity index (χ0v) is 26.9. The smallest absolute Gasteiger partial charge is 0.490 e. The number of benzene rings is 3. The van der Waals surface area contributed by atoms with Crippen molar-refractivity contribution in [2.45, 2.75) is 44.4 Å². The van der Waals surface area contributed by atoms with E-state index in [1.807, 2.05) is 43.3 Å². The first-order valence-electron chi connectivity index (χ1n) is 14.4. The number of aliphatic carboxylic acids is 1. The number of carbonyl (C=O) groups is 3. The van der Waals surface area contributed by atoms with Gasteiger partial charge in [0.15, 0.2) is 9.84 Å². The van der Waals surface area contributed by atoms with Gasteiger partial charge in [0.25, 0.3) is 0 Å². The molecule has 48 heavy (non-hydrogen) atoms. The fraction of sp³-hybridized carbons (Fsp3) is 0.250. The van der Waals surface area contributed by atoms with Crippen LogP contribution in [-0.2, 0) is 30.8 Å². The number of amides is 2. The summed E-state index contributed by atoms with van der Waals surface area (Å²) in [5.74, 6) is -2.53. The quantitative estimate of drug-likeness (QED) is 0.142. The Hall–Kier alpha value is -5.38. The van der Waals surface area contributed by atoms with E-state index >= 15 is 0 Å². The van der Waals surface area contributed by atoms with Crippen LogP contribution in [0.4, 0.5) is 30.4 Å². The molecule has 0 aliphatic heterocycles. The molecule has 0 spiro atoms. The fourth-order valence-electron chi connectivity index (χ4n) is 4.45. The second kappa shape index (κ2) is 15.9. The van der Waals surface area contributed by atoms with Crippen molar-refractivity contribution in [3.05, 3.63) is 84.1 Å². The number of hydrogen-bond donors (Lipinski definition) is 5. The maximum atomic E-state index is 13.7. The van der Waals surface area contributed by atoms with Crippen LogP contribution < -0.4 is 26.4 Å². The highest BCUT2D eigenvalue weighted by atomic mass is 32.2. The molecule has 6 N–H and O–H groups in total. The van der Waals surface area contributed by atoms with Gasteiger partial charge in [-0.3, -0.25) is 9.59 Å². The van der Waals surface area contributed by atoms with Gasteiger partial charge in [0.05, 0.1) is 17.3 Å². The SMILES string of the molecule is CCOc1cccc(C(Nc2ccc3c(N)nccc3c2)C(=O)NCc2cc(NC(C)=O)ccc2S(=O)(=O)CC)c1.O=C(O)C(F)(F)F. The minimum atomic E-state index is -5.08. The molecule has 4 rings (SSSR count). The lowest BCUT2D eigenvalue weighted by molar-refractivity contribution is -0.192. The molecule has 1 heterocycles. The summed E-state index contributed by atoms with van der Waals surface area (Å²) < 4.78 is 63.0. The number of sulfone groups is 1. The van der Waals surface area contributed by atoms with E-state index in [1.165, 1.54) is 19.1 Å². The predicted octanol–water partition coefficient (Wildman–Crippen LogP) is 5.07. The normalized spacial score (nSPS) is 11.9. The van der Waals surface area contributed by atoms with Crippen LogP contribution in [0, 0.1) is 0 Å². The minimum Gasteiger partial charge on any atom is -0.494 e. The van der Waals surface area contributed by atoms with Crippen LogP contribution in [-0.4, -0.2) is 54.8 Å². The van der Waals surface area contributed by atoms with E-state index < -0.39 is 33.9 Å². The lowest BCUT2D eigenvalue weighted by atomic mass is 10.0. The third kappa shape index (κ3) is 10.1. The highest BCUT2D eigenvalue weighted by Crippen LogP contribution is 2.28. The highest BCUT2D eigenvalue weighted by Gasteiger charge is 2.38. The van der Waals surface area contributed by atoms with Crippen molar-refractivity contribution in [3.63, 3.8) is 0 Å². The van der Waals surface area contributed by atoms with Gasteiger partial charge in [-0.15, -0.1) is 0 Å². The van der Waals surface area contributed by atoms with Gasteiger partial charge in [-0.05, 0) is 78.0 Å². The van der Waals surface area contributed by atoms with Crippen molar-refractivity contribution in [2.24, 2.45) is 0 Å². The van der Waals surface area contributed by atoms with Crippen molar-refractivity contribution in [3.8, 4) is 5.75 Å². The summed E-state index contributed by atoms with van der Waals surface area (Å²) in [4.78, 5) is 38.4. The van der Waals surface area contributed by atoms with Crippen LogP contribution in [0.25, 0.3) is 10.8 Å². The average molecular weight is 690 g/mol. The number of nitrogens with one attached hydrogen (secondary N) is 3. The van der Waals surface area contributed by atoms with E-state index in [0.29, 0.717) is 40.7 Å². The van der Waals surface area contributed by atoms with Crippen LogP contribution in [0.15, 0.2) is 77.8 Å². The monoisotopic (exact) mass is 689 g/mol. The molecule has 1 atom stereocenters. The fourth-order valence-corrected chi connectivity index (χ4v) is 5.57. The number of ether oxygens (including phenoxy) is 1. The number of anilines is 3. The molecular formula is C32H34F3N5O7S. The van der Waals surface area contributed by atoms with Crippen LogP contribution in [0.3, 0.4) is 0 Å². The number of nitrogens with zero attached hydrogens (tertiary/aromatic N) is 1. The molecule has 12 nitrogen and oxygen atoms in total. The second-order valence-corrected chi connectivity index (χ2v) is 12.4. The Morgan fingerprint density at radius 3 is 2.31 bits per heavy atom. The van der Waals surface area contributed by atoms with Gasteiger partial charge < -0.3 is 31.5 Å². The first-order valence-corrected chi connectivity index (χ1v) is 16.1. The van der Waals surface area contributed by atoms with Gasteiger partial charge in [0.1, 0.15) is 17.6 Å². The van der Waals surface area contributed by atoms with Crippen molar-refractivity contribution in [2.75, 3.05) is 28.7 Å². The first kappa shape index (κ1) is 37.1. The molecule has 1 aromatic heterocycles. The summed E-state index contributed by atoms with van der Waals surface area (Å²) in [6.45, 7) is 5.18. The standard InChI is InChI=1S/C30H33N5O5S.C2HF3O2/c1-4-40-25-8-6-7-21(17-25)28(35-24-9-11-26-20(15-24)13-14-32-29(26)31)30(37)33-18-22-16-23(34-19(3)36)10-12-27(22)41(38,39)5-2;3-2(4,5)1(6)7/h6-17,28,35H,4-5,18H2,1-3H3,(H2,31,32)(H,33,37)(H,34,36);(H,6,7). The van der Waals surface area contributed by atoms with E-state index in [1.54, 1.807) is 31.3 Å².